The Balaban J connectivity index is 2.19. The molecule has 2 aromatic carbocycles. The first-order valence-corrected chi connectivity index (χ1v) is 11.1. The van der Waals surface area contributed by atoms with E-state index in [1.54, 1.807) is 7.11 Å². The van der Waals surface area contributed by atoms with Gasteiger partial charge in [-0.25, -0.2) is 8.42 Å². The van der Waals surface area contributed by atoms with Gasteiger partial charge in [0.2, 0.25) is 15.9 Å². The molecule has 0 spiro atoms. The molecule has 0 aromatic heterocycles. The molecule has 0 saturated carbocycles. The third-order valence-corrected chi connectivity index (χ3v) is 6.02. The van der Waals surface area contributed by atoms with E-state index in [4.69, 9.17) is 27.9 Å². The quantitative estimate of drug-likeness (QED) is 0.666. The zero-order valence-corrected chi connectivity index (χ0v) is 18.1. The number of ether oxygens (including phenoxy) is 1. The Morgan fingerprint density at radius 1 is 1.14 bits per heavy atom. The van der Waals surface area contributed by atoms with Crippen molar-refractivity contribution in [3.63, 3.8) is 0 Å². The molecule has 0 aliphatic carbocycles. The number of carbonyl (C=O) groups excluding carboxylic acids is 1. The second-order valence-electron chi connectivity index (χ2n) is 6.17. The van der Waals surface area contributed by atoms with Crippen LogP contribution in [0.1, 0.15) is 24.9 Å². The molecule has 28 heavy (non-hydrogen) atoms. The summed E-state index contributed by atoms with van der Waals surface area (Å²) in [4.78, 5) is 12.6. The van der Waals surface area contributed by atoms with Gasteiger partial charge in [0.25, 0.3) is 0 Å². The largest absolute Gasteiger partial charge is 0.497 e. The lowest BCUT2D eigenvalue weighted by molar-refractivity contribution is -0.120. The molecule has 2 aromatic rings. The number of carbonyl (C=O) groups is 1. The van der Waals surface area contributed by atoms with Gasteiger partial charge in [0.05, 0.1) is 35.1 Å². The second-order valence-corrected chi connectivity index (χ2v) is 8.89. The van der Waals surface area contributed by atoms with E-state index in [1.165, 1.54) is 18.2 Å². The number of methoxy groups -OCH3 is 1. The molecule has 0 unspecified atom stereocenters. The number of nitrogens with one attached hydrogen (secondary N) is 1. The first-order valence-electron chi connectivity index (χ1n) is 8.51. The summed E-state index contributed by atoms with van der Waals surface area (Å²) in [6.07, 6.45) is 1.67. The smallest absolute Gasteiger partial charge is 0.241 e. The summed E-state index contributed by atoms with van der Waals surface area (Å²) >= 11 is 11.9. The zero-order valence-electron chi connectivity index (χ0n) is 15.8. The summed E-state index contributed by atoms with van der Waals surface area (Å²) in [7, 11) is -2.12. The fourth-order valence-corrected chi connectivity index (χ4v) is 3.81. The van der Waals surface area contributed by atoms with Crippen molar-refractivity contribution in [3.05, 3.63) is 58.1 Å². The number of benzene rings is 2. The number of halogens is 2. The first-order chi connectivity index (χ1) is 13.2. The summed E-state index contributed by atoms with van der Waals surface area (Å²) in [5.74, 6) is 0.284. The molecule has 0 heterocycles. The summed E-state index contributed by atoms with van der Waals surface area (Å²) < 4.78 is 30.6. The Labute approximate surface area is 175 Å². The van der Waals surface area contributed by atoms with Crippen LogP contribution in [0, 0.1) is 0 Å². The van der Waals surface area contributed by atoms with E-state index in [0.717, 1.165) is 16.1 Å². The van der Waals surface area contributed by atoms with Crippen molar-refractivity contribution in [1.82, 2.24) is 5.32 Å². The highest BCUT2D eigenvalue weighted by atomic mass is 35.5. The van der Waals surface area contributed by atoms with Gasteiger partial charge >= 0.3 is 0 Å². The Morgan fingerprint density at radius 3 is 2.29 bits per heavy atom. The summed E-state index contributed by atoms with van der Waals surface area (Å²) in [6, 6.07) is 11.5. The fraction of sp³-hybridized carbons (Fsp3) is 0.316. The number of anilines is 1. The number of nitrogens with zero attached hydrogens (tertiary/aromatic N) is 1. The summed E-state index contributed by atoms with van der Waals surface area (Å²) in [6.45, 7) is 1.56. The van der Waals surface area contributed by atoms with Crippen molar-refractivity contribution in [1.29, 1.82) is 0 Å². The molecule has 0 fully saturated rings. The molecule has 0 radical (unpaired) electrons. The van der Waals surface area contributed by atoms with Crippen LogP contribution in [-0.2, 0) is 14.8 Å². The Hall–Kier alpha value is -1.96. The molecule has 0 bridgehead atoms. The number of rotatable bonds is 8. The lowest BCUT2D eigenvalue weighted by Crippen LogP contribution is -2.41. The van der Waals surface area contributed by atoms with Crippen LogP contribution in [0.4, 0.5) is 5.69 Å². The van der Waals surface area contributed by atoms with Crippen LogP contribution >= 0.6 is 23.2 Å². The summed E-state index contributed by atoms with van der Waals surface area (Å²) in [5, 5.41) is 3.38. The maximum atomic E-state index is 12.6. The molecular formula is C19H22Cl2N2O4S. The molecule has 0 aliphatic rings. The Kier molecular flexibility index (Phi) is 7.57. The minimum Gasteiger partial charge on any atom is -0.497 e. The maximum absolute atomic E-state index is 12.6. The van der Waals surface area contributed by atoms with Crippen molar-refractivity contribution >= 4 is 44.8 Å². The molecule has 2 rings (SSSR count). The minimum atomic E-state index is -3.70. The van der Waals surface area contributed by atoms with E-state index in [9.17, 15) is 13.2 Å². The van der Waals surface area contributed by atoms with Crippen LogP contribution in [0.5, 0.6) is 5.75 Å². The van der Waals surface area contributed by atoms with Crippen LogP contribution < -0.4 is 14.4 Å². The van der Waals surface area contributed by atoms with E-state index in [1.807, 2.05) is 31.2 Å². The maximum Gasteiger partial charge on any atom is 0.241 e. The van der Waals surface area contributed by atoms with Crippen LogP contribution in [0.25, 0.3) is 0 Å². The van der Waals surface area contributed by atoms with Crippen LogP contribution in [0.3, 0.4) is 0 Å². The third kappa shape index (κ3) is 5.77. The molecule has 9 heteroatoms. The first kappa shape index (κ1) is 22.3. The Morgan fingerprint density at radius 2 is 1.79 bits per heavy atom. The van der Waals surface area contributed by atoms with E-state index in [-0.39, 0.29) is 23.3 Å². The van der Waals surface area contributed by atoms with Gasteiger partial charge in [-0.2, -0.15) is 0 Å². The van der Waals surface area contributed by atoms with Gasteiger partial charge in [0.1, 0.15) is 12.3 Å². The number of hydrogen-bond donors (Lipinski definition) is 1. The molecule has 152 valence electrons. The van der Waals surface area contributed by atoms with Gasteiger partial charge in [-0.1, -0.05) is 42.3 Å². The van der Waals surface area contributed by atoms with Crippen LogP contribution in [-0.4, -0.2) is 34.2 Å². The number of sulfonamides is 1. The van der Waals surface area contributed by atoms with Crippen LogP contribution in [0.2, 0.25) is 10.0 Å². The number of amides is 1. The van der Waals surface area contributed by atoms with E-state index in [2.05, 4.69) is 5.32 Å². The molecule has 0 aliphatic heterocycles. The lowest BCUT2D eigenvalue weighted by atomic mass is 10.0. The molecule has 1 N–H and O–H groups in total. The summed E-state index contributed by atoms with van der Waals surface area (Å²) in [5.41, 5.74) is 1.17. The van der Waals surface area contributed by atoms with Crippen LogP contribution in [0.15, 0.2) is 42.5 Å². The predicted octanol–water partition coefficient (Wildman–Crippen LogP) is 4.04. The van der Waals surface area contributed by atoms with Gasteiger partial charge in [-0.05, 0) is 42.3 Å². The van der Waals surface area contributed by atoms with Gasteiger partial charge in [0.15, 0.2) is 0 Å². The standard InChI is InChI=1S/C19H22Cl2N2O4S/c1-4-18(13-5-8-15(27-2)9-6-13)22-19(24)12-23(28(3,25)26)14-7-10-16(20)17(21)11-14/h5-11,18H,4,12H2,1-3H3,(H,22,24)/t18-/m1/s1. The third-order valence-electron chi connectivity index (χ3n) is 4.14. The van der Waals surface area contributed by atoms with Gasteiger partial charge < -0.3 is 10.1 Å². The van der Waals surface area contributed by atoms with Crippen molar-refractivity contribution in [2.24, 2.45) is 0 Å². The second kappa shape index (κ2) is 9.49. The van der Waals surface area contributed by atoms with Gasteiger partial charge in [-0.15, -0.1) is 0 Å². The SMILES string of the molecule is CC[C@@H](NC(=O)CN(c1ccc(Cl)c(Cl)c1)S(C)(=O)=O)c1ccc(OC)cc1. The highest BCUT2D eigenvalue weighted by molar-refractivity contribution is 7.92. The normalized spacial score (nSPS) is 12.3. The van der Waals surface area contributed by atoms with E-state index >= 15 is 0 Å². The predicted molar refractivity (Wildman–Crippen MR) is 113 cm³/mol. The highest BCUT2D eigenvalue weighted by Gasteiger charge is 2.23. The zero-order chi connectivity index (χ0) is 20.9. The van der Waals surface area contributed by atoms with Gasteiger partial charge in [0, 0.05) is 0 Å². The highest BCUT2D eigenvalue weighted by Crippen LogP contribution is 2.28. The average Bonchev–Trinajstić information content (AvgIpc) is 2.65. The average molecular weight is 445 g/mol. The molecule has 1 amide bonds. The lowest BCUT2D eigenvalue weighted by Gasteiger charge is -2.24. The fourth-order valence-electron chi connectivity index (χ4n) is 2.67. The topological polar surface area (TPSA) is 75.7 Å². The van der Waals surface area contributed by atoms with Crippen molar-refractivity contribution < 1.29 is 17.9 Å². The monoisotopic (exact) mass is 444 g/mol. The van der Waals surface area contributed by atoms with E-state index < -0.39 is 15.9 Å². The van der Waals surface area contributed by atoms with E-state index in [0.29, 0.717) is 17.2 Å². The molecular weight excluding hydrogens is 423 g/mol. The molecule has 0 saturated heterocycles. The van der Waals surface area contributed by atoms with Crippen molar-refractivity contribution in [3.8, 4) is 5.75 Å². The van der Waals surface area contributed by atoms with Gasteiger partial charge in [-0.3, -0.25) is 9.10 Å². The van der Waals surface area contributed by atoms with Crippen molar-refractivity contribution in [2.45, 2.75) is 19.4 Å². The molecule has 6 nitrogen and oxygen atoms in total. The minimum absolute atomic E-state index is 0.206. The molecule has 1 atom stereocenters. The van der Waals surface area contributed by atoms with Crippen molar-refractivity contribution in [2.75, 3.05) is 24.2 Å². The number of hydrogen-bond acceptors (Lipinski definition) is 4. The Bertz CT molecular complexity index is 933.